The summed E-state index contributed by atoms with van der Waals surface area (Å²) in [5.74, 6) is 0.586. The van der Waals surface area contributed by atoms with Crippen LogP contribution in [0.2, 0.25) is 0 Å². The Hall–Kier alpha value is -0.900. The van der Waals surface area contributed by atoms with E-state index < -0.39 is 0 Å². The molecule has 3 nitrogen and oxygen atoms in total. The molecule has 2 atom stereocenters. The summed E-state index contributed by atoms with van der Waals surface area (Å²) < 4.78 is 11.5. The minimum absolute atomic E-state index is 0.162. The molecule has 2 unspecified atom stereocenters. The number of rotatable bonds is 7. The molecule has 1 saturated heterocycles. The van der Waals surface area contributed by atoms with Gasteiger partial charge in [-0.1, -0.05) is 45.0 Å². The first-order valence-electron chi connectivity index (χ1n) is 8.22. The van der Waals surface area contributed by atoms with E-state index in [0.717, 1.165) is 26.0 Å². The highest BCUT2D eigenvalue weighted by molar-refractivity contribution is 5.25. The lowest BCUT2D eigenvalue weighted by Gasteiger charge is -2.31. The van der Waals surface area contributed by atoms with E-state index in [1.54, 1.807) is 0 Å². The molecule has 1 N–H and O–H groups in total. The Kier molecular flexibility index (Phi) is 6.68. The zero-order chi connectivity index (χ0) is 15.1. The second kappa shape index (κ2) is 8.52. The molecule has 0 aliphatic carbocycles. The maximum atomic E-state index is 5.88. The third kappa shape index (κ3) is 5.10. The second-order valence-corrected chi connectivity index (χ2v) is 6.15. The van der Waals surface area contributed by atoms with Crippen LogP contribution in [0.1, 0.15) is 44.2 Å². The van der Waals surface area contributed by atoms with Gasteiger partial charge in [0, 0.05) is 6.04 Å². The van der Waals surface area contributed by atoms with Gasteiger partial charge in [-0.2, -0.15) is 0 Å². The van der Waals surface area contributed by atoms with Crippen molar-refractivity contribution >= 4 is 0 Å². The molecule has 1 aliphatic rings. The lowest BCUT2D eigenvalue weighted by Crippen LogP contribution is -2.48. The summed E-state index contributed by atoms with van der Waals surface area (Å²) in [7, 11) is 0. The van der Waals surface area contributed by atoms with Gasteiger partial charge in [0.25, 0.3) is 0 Å². The molecule has 0 radical (unpaired) electrons. The van der Waals surface area contributed by atoms with Gasteiger partial charge in [-0.3, -0.25) is 0 Å². The van der Waals surface area contributed by atoms with Crippen molar-refractivity contribution in [1.29, 1.82) is 0 Å². The maximum Gasteiger partial charge on any atom is 0.0965 e. The Labute approximate surface area is 129 Å². The first-order valence-corrected chi connectivity index (χ1v) is 8.22. The minimum atomic E-state index is 0.162. The van der Waals surface area contributed by atoms with Crippen LogP contribution in [0, 0.1) is 0 Å². The summed E-state index contributed by atoms with van der Waals surface area (Å²) in [5, 5.41) is 3.62. The Bertz CT molecular complexity index is 396. The number of nitrogens with one attached hydrogen (secondary N) is 1. The smallest absolute Gasteiger partial charge is 0.0965 e. The predicted octanol–water partition coefficient (Wildman–Crippen LogP) is 3.14. The van der Waals surface area contributed by atoms with Crippen LogP contribution in [0.15, 0.2) is 24.3 Å². The highest BCUT2D eigenvalue weighted by Gasteiger charge is 2.24. The van der Waals surface area contributed by atoms with Gasteiger partial charge in [-0.15, -0.1) is 0 Å². The summed E-state index contributed by atoms with van der Waals surface area (Å²) in [5.41, 5.74) is 2.76. The van der Waals surface area contributed by atoms with Crippen LogP contribution >= 0.6 is 0 Å². The average molecular weight is 291 g/mol. The van der Waals surface area contributed by atoms with Crippen molar-refractivity contribution in [3.63, 3.8) is 0 Å². The molecular weight excluding hydrogens is 262 g/mol. The van der Waals surface area contributed by atoms with Crippen LogP contribution in [0.3, 0.4) is 0 Å². The van der Waals surface area contributed by atoms with Gasteiger partial charge in [-0.05, 0) is 36.4 Å². The van der Waals surface area contributed by atoms with Gasteiger partial charge in [0.15, 0.2) is 0 Å². The van der Waals surface area contributed by atoms with Crippen LogP contribution in [0.4, 0.5) is 0 Å². The quantitative estimate of drug-likeness (QED) is 0.837. The van der Waals surface area contributed by atoms with Crippen LogP contribution < -0.4 is 5.32 Å². The summed E-state index contributed by atoms with van der Waals surface area (Å²) in [4.78, 5) is 0. The van der Waals surface area contributed by atoms with Crippen molar-refractivity contribution in [2.45, 2.75) is 51.7 Å². The monoisotopic (exact) mass is 291 g/mol. The summed E-state index contributed by atoms with van der Waals surface area (Å²) in [6, 6.07) is 9.32. The molecular formula is C18H29NO2. The standard InChI is InChI=1S/C18H29NO2/c1-4-9-19-17(18-13-20-10-11-21-18)12-15-5-7-16(8-6-15)14(2)3/h5-8,14,17-19H,4,9-13H2,1-3H3. The van der Waals surface area contributed by atoms with Gasteiger partial charge in [-0.25, -0.2) is 0 Å². The molecule has 3 heteroatoms. The average Bonchev–Trinajstić information content (AvgIpc) is 2.52. The minimum Gasteiger partial charge on any atom is -0.376 e. The number of ether oxygens (including phenoxy) is 2. The van der Waals surface area contributed by atoms with Crippen molar-refractivity contribution in [3.05, 3.63) is 35.4 Å². The molecule has 1 heterocycles. The molecule has 118 valence electrons. The largest absolute Gasteiger partial charge is 0.376 e. The highest BCUT2D eigenvalue weighted by Crippen LogP contribution is 2.17. The van der Waals surface area contributed by atoms with Gasteiger partial charge >= 0.3 is 0 Å². The molecule has 0 saturated carbocycles. The lowest BCUT2D eigenvalue weighted by atomic mass is 9.97. The molecule has 1 aromatic carbocycles. The Balaban J connectivity index is 1.99. The first-order chi connectivity index (χ1) is 10.2. The van der Waals surface area contributed by atoms with Gasteiger partial charge in [0.2, 0.25) is 0 Å². The lowest BCUT2D eigenvalue weighted by molar-refractivity contribution is -0.101. The van der Waals surface area contributed by atoms with E-state index in [-0.39, 0.29) is 6.10 Å². The van der Waals surface area contributed by atoms with Crippen LogP contribution in [-0.4, -0.2) is 38.5 Å². The SMILES string of the molecule is CCCNC(Cc1ccc(C(C)C)cc1)C1COCCO1. The molecule has 0 spiro atoms. The van der Waals surface area contributed by atoms with Crippen molar-refractivity contribution in [2.24, 2.45) is 0 Å². The Morgan fingerprint density at radius 1 is 1.19 bits per heavy atom. The molecule has 1 aromatic rings. The van der Waals surface area contributed by atoms with Crippen molar-refractivity contribution in [1.82, 2.24) is 5.32 Å². The van der Waals surface area contributed by atoms with E-state index in [9.17, 15) is 0 Å². The van der Waals surface area contributed by atoms with Crippen molar-refractivity contribution in [2.75, 3.05) is 26.4 Å². The van der Waals surface area contributed by atoms with E-state index >= 15 is 0 Å². The fourth-order valence-electron chi connectivity index (χ4n) is 2.70. The number of benzene rings is 1. The summed E-state index contributed by atoms with van der Waals surface area (Å²) in [6.45, 7) is 9.81. The zero-order valence-electron chi connectivity index (χ0n) is 13.6. The Morgan fingerprint density at radius 2 is 1.95 bits per heavy atom. The second-order valence-electron chi connectivity index (χ2n) is 6.15. The molecule has 1 aliphatic heterocycles. The maximum absolute atomic E-state index is 5.88. The van der Waals surface area contributed by atoms with Crippen molar-refractivity contribution < 1.29 is 9.47 Å². The molecule has 21 heavy (non-hydrogen) atoms. The molecule has 0 bridgehead atoms. The topological polar surface area (TPSA) is 30.5 Å². The van der Waals surface area contributed by atoms with Gasteiger partial charge < -0.3 is 14.8 Å². The van der Waals surface area contributed by atoms with Crippen LogP contribution in [-0.2, 0) is 15.9 Å². The fraction of sp³-hybridized carbons (Fsp3) is 0.667. The fourth-order valence-corrected chi connectivity index (χ4v) is 2.70. The van der Waals surface area contributed by atoms with Crippen LogP contribution in [0.25, 0.3) is 0 Å². The van der Waals surface area contributed by atoms with E-state index in [0.29, 0.717) is 25.2 Å². The molecule has 2 rings (SSSR count). The first kappa shape index (κ1) is 16.5. The Morgan fingerprint density at radius 3 is 2.52 bits per heavy atom. The van der Waals surface area contributed by atoms with E-state index in [1.807, 2.05) is 0 Å². The number of hydrogen-bond acceptors (Lipinski definition) is 3. The third-order valence-electron chi connectivity index (χ3n) is 4.05. The van der Waals surface area contributed by atoms with E-state index in [1.165, 1.54) is 11.1 Å². The summed E-state index contributed by atoms with van der Waals surface area (Å²) >= 11 is 0. The predicted molar refractivity (Wildman–Crippen MR) is 86.9 cm³/mol. The normalized spacial score (nSPS) is 20.7. The molecule has 1 fully saturated rings. The molecule has 0 amide bonds. The van der Waals surface area contributed by atoms with Gasteiger partial charge in [0.05, 0.1) is 25.9 Å². The zero-order valence-corrected chi connectivity index (χ0v) is 13.6. The van der Waals surface area contributed by atoms with Crippen LogP contribution in [0.5, 0.6) is 0 Å². The van der Waals surface area contributed by atoms with E-state index in [2.05, 4.69) is 50.4 Å². The van der Waals surface area contributed by atoms with E-state index in [4.69, 9.17) is 9.47 Å². The number of hydrogen-bond donors (Lipinski definition) is 1. The van der Waals surface area contributed by atoms with Gasteiger partial charge in [0.1, 0.15) is 0 Å². The molecule has 0 aromatic heterocycles. The third-order valence-corrected chi connectivity index (χ3v) is 4.05. The van der Waals surface area contributed by atoms with Crippen molar-refractivity contribution in [3.8, 4) is 0 Å². The summed E-state index contributed by atoms with van der Waals surface area (Å²) in [6.07, 6.45) is 2.29. The highest BCUT2D eigenvalue weighted by atomic mass is 16.6.